The van der Waals surface area contributed by atoms with Crippen molar-refractivity contribution in [3.8, 4) is 0 Å². The van der Waals surface area contributed by atoms with Crippen LogP contribution in [0.25, 0.3) is 0 Å². The number of pyridine rings is 1. The average molecular weight is 357 g/mol. The Hall–Kier alpha value is -2.37. The quantitative estimate of drug-likeness (QED) is 0.612. The third kappa shape index (κ3) is 5.58. The second kappa shape index (κ2) is 9.36. The number of aromatic nitrogens is 3. The molecule has 0 saturated carbocycles. The number of nitrogens with one attached hydrogen (secondary N) is 1. The topological polar surface area (TPSA) is 58.3 Å². The summed E-state index contributed by atoms with van der Waals surface area (Å²) in [5.41, 5.74) is 4.66. The lowest BCUT2D eigenvalue weighted by Gasteiger charge is -2.22. The van der Waals surface area contributed by atoms with E-state index in [1.165, 1.54) is 11.1 Å². The molecule has 2 rings (SSSR count). The first-order chi connectivity index (χ1) is 12.4. The number of hydrogen-bond donors (Lipinski definition) is 1. The highest BCUT2D eigenvalue weighted by Crippen LogP contribution is 2.18. The molecule has 0 bridgehead atoms. The van der Waals surface area contributed by atoms with Gasteiger partial charge in [0.25, 0.3) is 0 Å². The van der Waals surface area contributed by atoms with Gasteiger partial charge in [0.15, 0.2) is 5.96 Å². The van der Waals surface area contributed by atoms with Gasteiger partial charge < -0.3 is 10.2 Å². The largest absolute Gasteiger partial charge is 0.357 e. The zero-order valence-corrected chi connectivity index (χ0v) is 17.0. The first-order valence-corrected chi connectivity index (χ1v) is 9.34. The van der Waals surface area contributed by atoms with Crippen LogP contribution in [0.15, 0.2) is 29.5 Å². The van der Waals surface area contributed by atoms with Gasteiger partial charge in [-0.3, -0.25) is 14.7 Å². The van der Waals surface area contributed by atoms with Crippen molar-refractivity contribution in [3.63, 3.8) is 0 Å². The van der Waals surface area contributed by atoms with Crippen molar-refractivity contribution < 1.29 is 0 Å². The summed E-state index contributed by atoms with van der Waals surface area (Å²) in [6, 6.07) is 4.17. The Bertz CT molecular complexity index is 714. The molecule has 2 aromatic heterocycles. The Balaban J connectivity index is 2.04. The zero-order valence-electron chi connectivity index (χ0n) is 17.0. The molecule has 0 saturated heterocycles. The summed E-state index contributed by atoms with van der Waals surface area (Å²) in [6.45, 7) is 10.8. The summed E-state index contributed by atoms with van der Waals surface area (Å²) in [4.78, 5) is 11.3. The minimum Gasteiger partial charge on any atom is -0.357 e. The third-order valence-electron chi connectivity index (χ3n) is 4.22. The van der Waals surface area contributed by atoms with Gasteiger partial charge in [-0.2, -0.15) is 5.10 Å². The predicted octanol–water partition coefficient (Wildman–Crippen LogP) is 2.89. The second-order valence-electron chi connectivity index (χ2n) is 7.02. The molecular weight excluding hydrogens is 324 g/mol. The summed E-state index contributed by atoms with van der Waals surface area (Å²) in [6.07, 6.45) is 4.93. The van der Waals surface area contributed by atoms with Crippen molar-refractivity contribution >= 4 is 5.96 Å². The lowest BCUT2D eigenvalue weighted by molar-refractivity contribution is 0.473. The molecule has 2 aromatic rings. The van der Waals surface area contributed by atoms with E-state index < -0.39 is 0 Å². The monoisotopic (exact) mass is 356 g/mol. The van der Waals surface area contributed by atoms with E-state index in [9.17, 15) is 0 Å². The standard InChI is InChI=1S/C20H32N6/c1-7-21-20(22-11-10-17-9-8-16(4)23-12-17)25(5)13-18-14-26(6)24-19(18)15(2)3/h8-9,12,14-15H,7,10-11,13H2,1-6H3,(H,21,22). The molecule has 0 radical (unpaired) electrons. The fourth-order valence-electron chi connectivity index (χ4n) is 2.90. The van der Waals surface area contributed by atoms with Crippen molar-refractivity contribution in [2.75, 3.05) is 20.1 Å². The number of guanidine groups is 1. The lowest BCUT2D eigenvalue weighted by Crippen LogP contribution is -2.38. The van der Waals surface area contributed by atoms with Gasteiger partial charge in [0.2, 0.25) is 0 Å². The highest BCUT2D eigenvalue weighted by Gasteiger charge is 2.15. The Morgan fingerprint density at radius 1 is 1.35 bits per heavy atom. The smallest absolute Gasteiger partial charge is 0.193 e. The maximum Gasteiger partial charge on any atom is 0.193 e. The van der Waals surface area contributed by atoms with Gasteiger partial charge in [0.05, 0.1) is 5.69 Å². The summed E-state index contributed by atoms with van der Waals surface area (Å²) >= 11 is 0. The van der Waals surface area contributed by atoms with E-state index in [2.05, 4.69) is 60.4 Å². The highest BCUT2D eigenvalue weighted by molar-refractivity contribution is 5.79. The summed E-state index contributed by atoms with van der Waals surface area (Å²) in [5, 5.41) is 7.99. The van der Waals surface area contributed by atoms with Crippen LogP contribution in [-0.2, 0) is 20.0 Å². The Morgan fingerprint density at radius 2 is 2.12 bits per heavy atom. The molecule has 0 unspecified atom stereocenters. The highest BCUT2D eigenvalue weighted by atomic mass is 15.3. The first-order valence-electron chi connectivity index (χ1n) is 9.34. The van der Waals surface area contributed by atoms with Gasteiger partial charge >= 0.3 is 0 Å². The van der Waals surface area contributed by atoms with Gasteiger partial charge in [-0.15, -0.1) is 0 Å². The van der Waals surface area contributed by atoms with Gasteiger partial charge in [-0.05, 0) is 37.8 Å². The number of aryl methyl sites for hydroxylation is 2. The number of nitrogens with zero attached hydrogens (tertiary/aromatic N) is 5. The molecule has 0 atom stereocenters. The van der Waals surface area contributed by atoms with Crippen LogP contribution in [0.5, 0.6) is 0 Å². The van der Waals surface area contributed by atoms with Crippen LogP contribution in [-0.4, -0.2) is 45.8 Å². The molecule has 0 aromatic carbocycles. The Kier molecular flexibility index (Phi) is 7.18. The molecule has 0 spiro atoms. The van der Waals surface area contributed by atoms with Crippen LogP contribution < -0.4 is 5.32 Å². The van der Waals surface area contributed by atoms with E-state index in [-0.39, 0.29) is 0 Å². The van der Waals surface area contributed by atoms with E-state index in [1.807, 2.05) is 30.9 Å². The molecule has 6 heteroatoms. The Labute approximate surface area is 157 Å². The van der Waals surface area contributed by atoms with Crippen molar-refractivity contribution in [3.05, 3.63) is 47.0 Å². The normalized spacial score (nSPS) is 11.9. The van der Waals surface area contributed by atoms with Crippen LogP contribution in [0, 0.1) is 6.92 Å². The van der Waals surface area contributed by atoms with E-state index in [1.54, 1.807) is 0 Å². The van der Waals surface area contributed by atoms with Crippen LogP contribution in [0.2, 0.25) is 0 Å². The summed E-state index contributed by atoms with van der Waals surface area (Å²) in [7, 11) is 4.05. The van der Waals surface area contributed by atoms with Gasteiger partial charge in [0.1, 0.15) is 0 Å². The fraction of sp³-hybridized carbons (Fsp3) is 0.550. The minimum atomic E-state index is 0.410. The lowest BCUT2D eigenvalue weighted by atomic mass is 10.1. The van der Waals surface area contributed by atoms with E-state index >= 15 is 0 Å². The van der Waals surface area contributed by atoms with Gasteiger partial charge in [0, 0.05) is 57.4 Å². The van der Waals surface area contributed by atoms with E-state index in [0.717, 1.165) is 43.4 Å². The molecule has 0 aliphatic heterocycles. The second-order valence-corrected chi connectivity index (χ2v) is 7.02. The van der Waals surface area contributed by atoms with Gasteiger partial charge in [-0.1, -0.05) is 19.9 Å². The van der Waals surface area contributed by atoms with Crippen molar-refractivity contribution in [2.45, 2.75) is 46.6 Å². The van der Waals surface area contributed by atoms with Crippen molar-refractivity contribution in [1.29, 1.82) is 0 Å². The fourth-order valence-corrected chi connectivity index (χ4v) is 2.90. The minimum absolute atomic E-state index is 0.410. The maximum absolute atomic E-state index is 4.79. The average Bonchev–Trinajstić information content (AvgIpc) is 2.96. The number of hydrogen-bond acceptors (Lipinski definition) is 3. The van der Waals surface area contributed by atoms with Crippen LogP contribution >= 0.6 is 0 Å². The molecule has 26 heavy (non-hydrogen) atoms. The molecule has 2 heterocycles. The molecular formula is C20H32N6. The van der Waals surface area contributed by atoms with Crippen LogP contribution in [0.4, 0.5) is 0 Å². The molecule has 0 amide bonds. The predicted molar refractivity (Wildman–Crippen MR) is 107 cm³/mol. The molecule has 142 valence electrons. The van der Waals surface area contributed by atoms with Gasteiger partial charge in [-0.25, -0.2) is 0 Å². The van der Waals surface area contributed by atoms with Crippen LogP contribution in [0.3, 0.4) is 0 Å². The van der Waals surface area contributed by atoms with E-state index in [4.69, 9.17) is 4.99 Å². The molecule has 1 N–H and O–H groups in total. The van der Waals surface area contributed by atoms with E-state index in [0.29, 0.717) is 5.92 Å². The summed E-state index contributed by atoms with van der Waals surface area (Å²) in [5.74, 6) is 1.33. The summed E-state index contributed by atoms with van der Waals surface area (Å²) < 4.78 is 1.90. The molecule has 0 aliphatic carbocycles. The molecule has 0 aliphatic rings. The first kappa shape index (κ1) is 19.9. The SMILES string of the molecule is CCNC(=NCCc1ccc(C)nc1)N(C)Cc1cn(C)nc1C(C)C. The third-order valence-corrected chi connectivity index (χ3v) is 4.22. The molecule has 6 nitrogen and oxygen atoms in total. The maximum atomic E-state index is 4.79. The number of aliphatic imine (C=N–C) groups is 1. The van der Waals surface area contributed by atoms with Crippen molar-refractivity contribution in [1.82, 2.24) is 25.0 Å². The van der Waals surface area contributed by atoms with Crippen LogP contribution in [0.1, 0.15) is 49.2 Å². The zero-order chi connectivity index (χ0) is 19.1. The van der Waals surface area contributed by atoms with Crippen molar-refractivity contribution in [2.24, 2.45) is 12.0 Å². The Morgan fingerprint density at radius 3 is 2.73 bits per heavy atom. The molecule has 0 fully saturated rings. The number of rotatable bonds is 7.